The molecule has 0 spiro atoms. The lowest BCUT2D eigenvalue weighted by atomic mass is 9.96. The Hall–Kier alpha value is -0.450. The molecule has 1 fully saturated rings. The molecule has 1 heterocycles. The molecule has 16 heavy (non-hydrogen) atoms. The molecule has 1 aromatic rings. The van der Waals surface area contributed by atoms with Crippen LogP contribution in [0.3, 0.4) is 0 Å². The maximum atomic E-state index is 12.5. The first-order chi connectivity index (χ1) is 7.00. The molecular weight excluding hydrogens is 262 g/mol. The minimum atomic E-state index is -4.38. The van der Waals surface area contributed by atoms with E-state index in [0.717, 1.165) is 19.0 Å². The predicted octanol–water partition coefficient (Wildman–Crippen LogP) is 3.82. The van der Waals surface area contributed by atoms with Gasteiger partial charge in [0, 0.05) is 6.04 Å². The average molecular weight is 272 g/mol. The highest BCUT2D eigenvalue weighted by atomic mass is 35.5. The van der Waals surface area contributed by atoms with Crippen LogP contribution >= 0.6 is 24.0 Å². The largest absolute Gasteiger partial charge is 0.417 e. The summed E-state index contributed by atoms with van der Waals surface area (Å²) in [6.07, 6.45) is -3.54. The van der Waals surface area contributed by atoms with Gasteiger partial charge in [0.2, 0.25) is 0 Å². The van der Waals surface area contributed by atoms with Crippen LogP contribution in [0.1, 0.15) is 23.6 Å². The zero-order valence-corrected chi connectivity index (χ0v) is 9.72. The fourth-order valence-corrected chi connectivity index (χ4v) is 1.96. The van der Waals surface area contributed by atoms with Gasteiger partial charge in [-0.25, -0.2) is 0 Å². The third-order valence-corrected chi connectivity index (χ3v) is 2.95. The van der Waals surface area contributed by atoms with E-state index in [1.807, 2.05) is 0 Å². The quantitative estimate of drug-likeness (QED) is 0.819. The van der Waals surface area contributed by atoms with Crippen molar-refractivity contribution in [1.29, 1.82) is 0 Å². The van der Waals surface area contributed by atoms with Crippen molar-refractivity contribution in [3.8, 4) is 0 Å². The number of nitrogens with one attached hydrogen (secondary N) is 1. The van der Waals surface area contributed by atoms with E-state index in [4.69, 9.17) is 11.6 Å². The van der Waals surface area contributed by atoms with Gasteiger partial charge >= 0.3 is 6.18 Å². The highest BCUT2D eigenvalue weighted by Gasteiger charge is 2.35. The summed E-state index contributed by atoms with van der Waals surface area (Å²) in [5.74, 6) is 0. The molecule has 1 aliphatic rings. The second-order valence-corrected chi connectivity index (χ2v) is 3.88. The third-order valence-electron chi connectivity index (χ3n) is 2.53. The van der Waals surface area contributed by atoms with E-state index in [1.165, 1.54) is 6.07 Å². The lowest BCUT2D eigenvalue weighted by Crippen LogP contribution is -2.35. The van der Waals surface area contributed by atoms with Gasteiger partial charge in [-0.1, -0.05) is 23.7 Å². The third kappa shape index (κ3) is 2.44. The van der Waals surface area contributed by atoms with Crippen molar-refractivity contribution in [2.24, 2.45) is 0 Å². The van der Waals surface area contributed by atoms with Crippen molar-refractivity contribution in [3.05, 3.63) is 34.3 Å². The molecular formula is C10H10Cl2F3N. The minimum absolute atomic E-state index is 0. The van der Waals surface area contributed by atoms with Gasteiger partial charge < -0.3 is 5.32 Å². The summed E-state index contributed by atoms with van der Waals surface area (Å²) in [6, 6.07) is 4.00. The Morgan fingerprint density at radius 1 is 1.31 bits per heavy atom. The van der Waals surface area contributed by atoms with Crippen LogP contribution in [0.15, 0.2) is 18.2 Å². The van der Waals surface area contributed by atoms with E-state index in [1.54, 1.807) is 6.07 Å². The zero-order chi connectivity index (χ0) is 11.1. The highest BCUT2D eigenvalue weighted by Crippen LogP contribution is 2.39. The normalized spacial score (nSPS) is 19.9. The van der Waals surface area contributed by atoms with Crippen LogP contribution in [0, 0.1) is 0 Å². The molecule has 0 bridgehead atoms. The number of benzene rings is 1. The lowest BCUT2D eigenvalue weighted by Gasteiger charge is -2.29. The minimum Gasteiger partial charge on any atom is -0.310 e. The van der Waals surface area contributed by atoms with Gasteiger partial charge in [0.25, 0.3) is 0 Å². The van der Waals surface area contributed by atoms with E-state index in [2.05, 4.69) is 5.32 Å². The van der Waals surface area contributed by atoms with Crippen LogP contribution in [0.5, 0.6) is 0 Å². The Labute approximate surface area is 102 Å². The highest BCUT2D eigenvalue weighted by molar-refractivity contribution is 6.32. The first-order valence-corrected chi connectivity index (χ1v) is 4.97. The molecule has 0 unspecified atom stereocenters. The second kappa shape index (κ2) is 4.82. The van der Waals surface area contributed by atoms with Crippen molar-refractivity contribution in [1.82, 2.24) is 5.32 Å². The van der Waals surface area contributed by atoms with Crippen LogP contribution in [-0.4, -0.2) is 6.54 Å². The molecule has 1 nitrogen and oxygen atoms in total. The lowest BCUT2D eigenvalue weighted by molar-refractivity contribution is -0.137. The van der Waals surface area contributed by atoms with Gasteiger partial charge in [0.15, 0.2) is 0 Å². The van der Waals surface area contributed by atoms with Crippen LogP contribution < -0.4 is 5.32 Å². The Morgan fingerprint density at radius 2 is 1.94 bits per heavy atom. The summed E-state index contributed by atoms with van der Waals surface area (Å²) >= 11 is 5.74. The molecule has 1 saturated heterocycles. The zero-order valence-electron chi connectivity index (χ0n) is 8.14. The van der Waals surface area contributed by atoms with Crippen LogP contribution in [-0.2, 0) is 6.18 Å². The van der Waals surface area contributed by atoms with Crippen molar-refractivity contribution in [2.45, 2.75) is 18.6 Å². The molecule has 0 aliphatic carbocycles. The molecule has 0 aromatic heterocycles. The molecule has 1 atom stereocenters. The summed E-state index contributed by atoms with van der Waals surface area (Å²) in [5, 5.41) is 2.85. The van der Waals surface area contributed by atoms with E-state index >= 15 is 0 Å². The SMILES string of the molecule is Cl.FC(F)(F)c1cccc([C@@H]2CCN2)c1Cl. The summed E-state index contributed by atoms with van der Waals surface area (Å²) < 4.78 is 37.5. The smallest absolute Gasteiger partial charge is 0.310 e. The second-order valence-electron chi connectivity index (χ2n) is 3.50. The Bertz CT molecular complexity index is 375. The molecule has 1 aromatic carbocycles. The standard InChI is InChI=1S/C10H9ClF3N.ClH/c11-9-6(8-4-5-15-8)2-1-3-7(9)10(12,13)14;/h1-3,8,15H,4-5H2;1H/t8-;/m0./s1. The fraction of sp³-hybridized carbons (Fsp3) is 0.400. The van der Waals surface area contributed by atoms with Gasteiger partial charge in [-0.05, 0) is 24.6 Å². The first kappa shape index (κ1) is 13.6. The van der Waals surface area contributed by atoms with Crippen LogP contribution in [0.25, 0.3) is 0 Å². The monoisotopic (exact) mass is 271 g/mol. The van der Waals surface area contributed by atoms with Gasteiger partial charge in [0.05, 0.1) is 10.6 Å². The fourth-order valence-electron chi connectivity index (χ4n) is 1.59. The van der Waals surface area contributed by atoms with Crippen molar-refractivity contribution < 1.29 is 13.2 Å². The van der Waals surface area contributed by atoms with Crippen molar-refractivity contribution in [3.63, 3.8) is 0 Å². The maximum absolute atomic E-state index is 12.5. The maximum Gasteiger partial charge on any atom is 0.417 e. The predicted molar refractivity (Wildman–Crippen MR) is 59.1 cm³/mol. The van der Waals surface area contributed by atoms with Crippen LogP contribution in [0.2, 0.25) is 5.02 Å². The van der Waals surface area contributed by atoms with E-state index < -0.39 is 11.7 Å². The number of halogens is 5. The first-order valence-electron chi connectivity index (χ1n) is 4.59. The molecule has 1 N–H and O–H groups in total. The molecule has 0 saturated carbocycles. The number of hydrogen-bond donors (Lipinski definition) is 1. The van der Waals surface area contributed by atoms with Crippen LogP contribution in [0.4, 0.5) is 13.2 Å². The van der Waals surface area contributed by atoms with Crippen molar-refractivity contribution >= 4 is 24.0 Å². The van der Waals surface area contributed by atoms with Gasteiger partial charge in [-0.15, -0.1) is 12.4 Å². The Morgan fingerprint density at radius 3 is 2.38 bits per heavy atom. The van der Waals surface area contributed by atoms with Gasteiger partial charge in [-0.3, -0.25) is 0 Å². The van der Waals surface area contributed by atoms with E-state index in [9.17, 15) is 13.2 Å². The molecule has 2 rings (SSSR count). The summed E-state index contributed by atoms with van der Waals surface area (Å²) in [6.45, 7) is 0.831. The summed E-state index contributed by atoms with van der Waals surface area (Å²) in [7, 11) is 0. The summed E-state index contributed by atoms with van der Waals surface area (Å²) in [5.41, 5.74) is -0.215. The molecule has 1 aliphatic heterocycles. The number of hydrogen-bond acceptors (Lipinski definition) is 1. The average Bonchev–Trinajstić information content (AvgIpc) is 2.03. The molecule has 6 heteroatoms. The van der Waals surface area contributed by atoms with E-state index in [0.29, 0.717) is 5.56 Å². The van der Waals surface area contributed by atoms with Gasteiger partial charge in [0.1, 0.15) is 0 Å². The number of rotatable bonds is 1. The van der Waals surface area contributed by atoms with Gasteiger partial charge in [-0.2, -0.15) is 13.2 Å². The molecule has 0 radical (unpaired) electrons. The van der Waals surface area contributed by atoms with E-state index in [-0.39, 0.29) is 23.5 Å². The molecule has 0 amide bonds. The number of alkyl halides is 3. The molecule has 90 valence electrons. The topological polar surface area (TPSA) is 12.0 Å². The Kier molecular flexibility index (Phi) is 4.10. The Balaban J connectivity index is 0.00000128. The summed E-state index contributed by atoms with van der Waals surface area (Å²) in [4.78, 5) is 0. The van der Waals surface area contributed by atoms with Crippen molar-refractivity contribution in [2.75, 3.05) is 6.54 Å².